The van der Waals surface area contributed by atoms with Crippen molar-refractivity contribution in [2.75, 3.05) is 0 Å². The molecule has 8 aliphatic rings. The van der Waals surface area contributed by atoms with Crippen LogP contribution in [0.25, 0.3) is 0 Å². The summed E-state index contributed by atoms with van der Waals surface area (Å²) in [6.07, 6.45) is 14.7. The Morgan fingerprint density at radius 2 is 1.07 bits per heavy atom. The first kappa shape index (κ1) is 19.6. The van der Waals surface area contributed by atoms with Crippen LogP contribution >= 0.6 is 0 Å². The van der Waals surface area contributed by atoms with E-state index in [9.17, 15) is 9.59 Å². The fourth-order valence-electron chi connectivity index (χ4n) is 9.29. The Hall–Kier alpha value is -1.10. The number of carbonyl (C=O) groups is 2. The zero-order valence-electron chi connectivity index (χ0n) is 18.2. The number of ether oxygens (including phenoxy) is 2. The third-order valence-electron chi connectivity index (χ3n) is 9.57. The quantitative estimate of drug-likeness (QED) is 0.660. The van der Waals surface area contributed by atoms with Gasteiger partial charge in [-0.05, 0) is 119 Å². The predicted octanol–water partition coefficient (Wildman–Crippen LogP) is 4.12. The highest BCUT2D eigenvalue weighted by atomic mass is 16.6. The minimum absolute atomic E-state index is 0.171. The van der Waals surface area contributed by atoms with Gasteiger partial charge in [0.05, 0.1) is 0 Å². The molecule has 0 unspecified atom stereocenters. The van der Waals surface area contributed by atoms with Gasteiger partial charge in [0.2, 0.25) is 0 Å². The molecule has 8 rings (SSSR count). The number of rotatable bonds is 6. The van der Waals surface area contributed by atoms with E-state index in [-0.39, 0.29) is 29.6 Å². The minimum atomic E-state index is -0.720. The van der Waals surface area contributed by atoms with Crippen LogP contribution in [0.1, 0.15) is 89.9 Å². The lowest BCUT2D eigenvalue weighted by Crippen LogP contribution is -2.54. The van der Waals surface area contributed by atoms with Crippen molar-refractivity contribution in [1.82, 2.24) is 0 Å². The second-order valence-corrected chi connectivity index (χ2v) is 12.2. The third-order valence-corrected chi connectivity index (χ3v) is 9.57. The molecule has 8 aliphatic carbocycles. The Morgan fingerprint density at radius 1 is 0.700 bits per heavy atom. The average Bonchev–Trinajstić information content (AvgIpc) is 2.63. The van der Waals surface area contributed by atoms with E-state index in [0.717, 1.165) is 74.0 Å². The molecule has 0 aliphatic heterocycles. The summed E-state index contributed by atoms with van der Waals surface area (Å²) in [6.45, 7) is 0. The SMILES string of the molecule is N[C@@H](CCC(=O)OC12CC3CC(CC(C3)C1)C2)C(=O)OC12CC3CC(CC(C3)C1)C2. The number of esters is 2. The molecule has 1 atom stereocenters. The summed E-state index contributed by atoms with van der Waals surface area (Å²) in [7, 11) is 0. The molecule has 8 saturated carbocycles. The van der Waals surface area contributed by atoms with Crippen LogP contribution in [0.15, 0.2) is 0 Å². The predicted molar refractivity (Wildman–Crippen MR) is 111 cm³/mol. The lowest BCUT2D eigenvalue weighted by Gasteiger charge is -2.55. The van der Waals surface area contributed by atoms with Crippen molar-refractivity contribution >= 4 is 11.9 Å². The van der Waals surface area contributed by atoms with E-state index in [1.807, 2.05) is 0 Å². The van der Waals surface area contributed by atoms with E-state index in [0.29, 0.717) is 6.42 Å². The smallest absolute Gasteiger partial charge is 0.323 e. The highest BCUT2D eigenvalue weighted by Crippen LogP contribution is 2.58. The molecule has 0 aromatic heterocycles. The molecule has 0 saturated heterocycles. The lowest BCUT2D eigenvalue weighted by molar-refractivity contribution is -0.189. The van der Waals surface area contributed by atoms with Crippen LogP contribution in [-0.2, 0) is 19.1 Å². The molecule has 30 heavy (non-hydrogen) atoms. The van der Waals surface area contributed by atoms with Crippen LogP contribution < -0.4 is 5.73 Å². The Balaban J connectivity index is 1.01. The molecule has 0 heterocycles. The van der Waals surface area contributed by atoms with Gasteiger partial charge in [0.15, 0.2) is 0 Å². The molecule has 0 spiro atoms. The molecule has 5 heteroatoms. The molecule has 0 radical (unpaired) electrons. The monoisotopic (exact) mass is 415 g/mol. The van der Waals surface area contributed by atoms with Crippen molar-refractivity contribution in [2.45, 2.75) is 107 Å². The Labute approximate surface area is 179 Å². The number of carbonyl (C=O) groups excluding carboxylic acids is 2. The summed E-state index contributed by atoms with van der Waals surface area (Å²) >= 11 is 0. The van der Waals surface area contributed by atoms with E-state index in [2.05, 4.69) is 0 Å². The summed E-state index contributed by atoms with van der Waals surface area (Å²) in [6, 6.07) is -0.720. The average molecular weight is 416 g/mol. The molecule has 8 bridgehead atoms. The van der Waals surface area contributed by atoms with Gasteiger partial charge in [-0.1, -0.05) is 0 Å². The van der Waals surface area contributed by atoms with Crippen molar-refractivity contribution in [1.29, 1.82) is 0 Å². The van der Waals surface area contributed by atoms with Crippen LogP contribution in [0.4, 0.5) is 0 Å². The van der Waals surface area contributed by atoms with E-state index in [4.69, 9.17) is 15.2 Å². The minimum Gasteiger partial charge on any atom is -0.459 e. The first-order valence-electron chi connectivity index (χ1n) is 12.6. The van der Waals surface area contributed by atoms with Gasteiger partial charge in [-0.15, -0.1) is 0 Å². The van der Waals surface area contributed by atoms with E-state index >= 15 is 0 Å². The standard InChI is InChI=1S/C25H37NO4/c26-21(23(28)30-25-12-18-6-19(13-25)8-20(7-18)14-25)1-2-22(27)29-24-9-15-3-16(10-24)5-17(4-15)11-24/h15-21H,1-14,26H2/t15?,16?,17?,18?,19?,20?,21-,24?,25?/m0/s1. The maximum atomic E-state index is 12.8. The molecular formula is C25H37NO4. The van der Waals surface area contributed by atoms with Gasteiger partial charge in [0.1, 0.15) is 17.2 Å². The van der Waals surface area contributed by atoms with Crippen molar-refractivity contribution in [3.05, 3.63) is 0 Å². The Morgan fingerprint density at radius 3 is 1.47 bits per heavy atom. The van der Waals surface area contributed by atoms with Gasteiger partial charge >= 0.3 is 11.9 Å². The summed E-state index contributed by atoms with van der Waals surface area (Å²) < 4.78 is 12.1. The maximum Gasteiger partial charge on any atom is 0.323 e. The third kappa shape index (κ3) is 3.49. The van der Waals surface area contributed by atoms with Gasteiger partial charge in [0.25, 0.3) is 0 Å². The molecule has 2 N–H and O–H groups in total. The van der Waals surface area contributed by atoms with Crippen molar-refractivity contribution < 1.29 is 19.1 Å². The number of hydrogen-bond acceptors (Lipinski definition) is 5. The largest absolute Gasteiger partial charge is 0.459 e. The normalized spacial score (nSPS) is 48.6. The van der Waals surface area contributed by atoms with Crippen LogP contribution in [0.2, 0.25) is 0 Å². The molecule has 0 aromatic rings. The first-order valence-corrected chi connectivity index (χ1v) is 12.6. The number of hydrogen-bond donors (Lipinski definition) is 1. The summed E-state index contributed by atoms with van der Waals surface area (Å²) in [5.74, 6) is 3.97. The molecule has 166 valence electrons. The molecule has 0 aromatic carbocycles. The van der Waals surface area contributed by atoms with Gasteiger partial charge in [-0.25, -0.2) is 0 Å². The van der Waals surface area contributed by atoms with Crippen LogP contribution in [0.3, 0.4) is 0 Å². The van der Waals surface area contributed by atoms with Crippen LogP contribution in [0.5, 0.6) is 0 Å². The summed E-state index contributed by atoms with van der Waals surface area (Å²) in [5, 5.41) is 0. The van der Waals surface area contributed by atoms with Crippen molar-refractivity contribution in [2.24, 2.45) is 41.2 Å². The fraction of sp³-hybridized carbons (Fsp3) is 0.920. The van der Waals surface area contributed by atoms with Crippen LogP contribution in [0, 0.1) is 35.5 Å². The van der Waals surface area contributed by atoms with E-state index in [1.165, 1.54) is 38.5 Å². The van der Waals surface area contributed by atoms with Gasteiger partial charge < -0.3 is 15.2 Å². The van der Waals surface area contributed by atoms with Crippen molar-refractivity contribution in [3.63, 3.8) is 0 Å². The molecule has 8 fully saturated rings. The number of nitrogens with two attached hydrogens (primary N) is 1. The Kier molecular flexibility index (Phi) is 4.53. The molecule has 0 amide bonds. The lowest BCUT2D eigenvalue weighted by atomic mass is 9.54. The van der Waals surface area contributed by atoms with Gasteiger partial charge in [-0.3, -0.25) is 9.59 Å². The van der Waals surface area contributed by atoms with Gasteiger partial charge in [-0.2, -0.15) is 0 Å². The zero-order chi connectivity index (χ0) is 20.5. The van der Waals surface area contributed by atoms with Gasteiger partial charge in [0, 0.05) is 6.42 Å². The topological polar surface area (TPSA) is 78.6 Å². The highest BCUT2D eigenvalue weighted by Gasteiger charge is 2.54. The fourth-order valence-corrected chi connectivity index (χ4v) is 9.29. The van der Waals surface area contributed by atoms with E-state index in [1.54, 1.807) is 0 Å². The second-order valence-electron chi connectivity index (χ2n) is 12.2. The molecule has 5 nitrogen and oxygen atoms in total. The molecular weight excluding hydrogens is 378 g/mol. The Bertz CT molecular complexity index is 660. The van der Waals surface area contributed by atoms with E-state index < -0.39 is 6.04 Å². The highest BCUT2D eigenvalue weighted by molar-refractivity contribution is 5.77. The maximum absolute atomic E-state index is 12.8. The second kappa shape index (κ2) is 6.95. The summed E-state index contributed by atoms with van der Waals surface area (Å²) in [4.78, 5) is 25.4. The first-order chi connectivity index (χ1) is 14.4. The van der Waals surface area contributed by atoms with Crippen molar-refractivity contribution in [3.8, 4) is 0 Å². The van der Waals surface area contributed by atoms with Crippen LogP contribution in [-0.4, -0.2) is 29.2 Å². The summed E-state index contributed by atoms with van der Waals surface area (Å²) in [5.41, 5.74) is 5.70. The zero-order valence-corrected chi connectivity index (χ0v) is 18.2.